The van der Waals surface area contributed by atoms with Crippen LogP contribution < -0.4 is 10.6 Å². The summed E-state index contributed by atoms with van der Waals surface area (Å²) < 4.78 is 10.8. The van der Waals surface area contributed by atoms with E-state index in [4.69, 9.17) is 12.2 Å². The van der Waals surface area contributed by atoms with E-state index in [0.717, 1.165) is 0 Å². The summed E-state index contributed by atoms with van der Waals surface area (Å²) in [6, 6.07) is 0.547. The Morgan fingerprint density at radius 3 is 2.67 bits per heavy atom. The van der Waals surface area contributed by atoms with Gasteiger partial charge in [0.05, 0.1) is 0 Å². The highest BCUT2D eigenvalue weighted by Crippen LogP contribution is 2.16. The molecule has 1 unspecified atom stereocenters. The highest BCUT2D eigenvalue weighted by atomic mass is 32.2. The quantitative estimate of drug-likeness (QED) is 0.733. The fourth-order valence-corrected chi connectivity index (χ4v) is 2.45. The van der Waals surface area contributed by atoms with Gasteiger partial charge in [-0.3, -0.25) is 4.21 Å². The molecule has 0 amide bonds. The Hall–Kier alpha value is -0.160. The van der Waals surface area contributed by atoms with Crippen LogP contribution in [0.25, 0.3) is 0 Å². The molecule has 0 heterocycles. The molecule has 0 saturated heterocycles. The van der Waals surface area contributed by atoms with Gasteiger partial charge in [0.2, 0.25) is 0 Å². The van der Waals surface area contributed by atoms with Gasteiger partial charge in [-0.15, -0.1) is 0 Å². The molecule has 15 heavy (non-hydrogen) atoms. The summed E-state index contributed by atoms with van der Waals surface area (Å²) in [5, 5.41) is 7.12. The SMILES string of the molecule is CS(=O)CCNC(=S)NC1CCCCC1. The van der Waals surface area contributed by atoms with E-state index in [9.17, 15) is 4.21 Å². The third-order valence-electron chi connectivity index (χ3n) is 2.62. The van der Waals surface area contributed by atoms with Gasteiger partial charge >= 0.3 is 0 Å². The highest BCUT2D eigenvalue weighted by molar-refractivity contribution is 7.84. The summed E-state index contributed by atoms with van der Waals surface area (Å²) in [4.78, 5) is 0. The first kappa shape index (κ1) is 12.9. The molecule has 2 N–H and O–H groups in total. The van der Waals surface area contributed by atoms with Crippen LogP contribution in [0.3, 0.4) is 0 Å². The van der Waals surface area contributed by atoms with Crippen molar-refractivity contribution in [2.75, 3.05) is 18.6 Å². The van der Waals surface area contributed by atoms with Crippen LogP contribution in [0.4, 0.5) is 0 Å². The largest absolute Gasteiger partial charge is 0.362 e. The van der Waals surface area contributed by atoms with Crippen molar-refractivity contribution in [2.24, 2.45) is 0 Å². The minimum absolute atomic E-state index is 0.547. The van der Waals surface area contributed by atoms with Crippen molar-refractivity contribution in [3.8, 4) is 0 Å². The first-order valence-corrected chi connectivity index (χ1v) is 7.66. The average molecular weight is 248 g/mol. The van der Waals surface area contributed by atoms with Crippen molar-refractivity contribution in [2.45, 2.75) is 38.1 Å². The second kappa shape index (κ2) is 7.17. The summed E-state index contributed by atoms with van der Waals surface area (Å²) in [6.07, 6.45) is 8.12. The predicted molar refractivity (Wildman–Crippen MR) is 69.5 cm³/mol. The molecule has 1 atom stereocenters. The van der Waals surface area contributed by atoms with Crippen LogP contribution in [0.2, 0.25) is 0 Å². The van der Waals surface area contributed by atoms with E-state index >= 15 is 0 Å². The minimum Gasteiger partial charge on any atom is -0.362 e. The molecule has 1 fully saturated rings. The molecule has 3 nitrogen and oxygen atoms in total. The monoisotopic (exact) mass is 248 g/mol. The molecule has 88 valence electrons. The number of thiocarbonyl (C=S) groups is 1. The maximum Gasteiger partial charge on any atom is 0.166 e. The van der Waals surface area contributed by atoms with E-state index in [2.05, 4.69) is 10.6 Å². The van der Waals surface area contributed by atoms with Gasteiger partial charge in [0, 0.05) is 35.4 Å². The topological polar surface area (TPSA) is 41.1 Å². The van der Waals surface area contributed by atoms with Crippen LogP contribution in [0.1, 0.15) is 32.1 Å². The lowest BCUT2D eigenvalue weighted by molar-refractivity contribution is 0.412. The van der Waals surface area contributed by atoms with Gasteiger partial charge in [-0.25, -0.2) is 0 Å². The second-order valence-electron chi connectivity index (χ2n) is 4.01. The second-order valence-corrected chi connectivity index (χ2v) is 5.98. The molecular formula is C10H20N2OS2. The molecule has 1 rings (SSSR count). The summed E-state index contributed by atoms with van der Waals surface area (Å²) in [5.41, 5.74) is 0. The summed E-state index contributed by atoms with van der Waals surface area (Å²) in [5.74, 6) is 0.659. The first-order valence-electron chi connectivity index (χ1n) is 5.53. The van der Waals surface area contributed by atoms with Crippen molar-refractivity contribution in [1.82, 2.24) is 10.6 Å². The van der Waals surface area contributed by atoms with Crippen molar-refractivity contribution >= 4 is 28.1 Å². The Labute approximate surface area is 99.9 Å². The molecule has 0 radical (unpaired) electrons. The standard InChI is InChI=1S/C10H20N2OS2/c1-15(13)8-7-11-10(14)12-9-5-3-2-4-6-9/h9H,2-8H2,1H3,(H2,11,12,14). The Balaban J connectivity index is 2.09. The van der Waals surface area contributed by atoms with E-state index in [-0.39, 0.29) is 0 Å². The zero-order valence-electron chi connectivity index (χ0n) is 9.25. The summed E-state index contributed by atoms with van der Waals surface area (Å²) >= 11 is 5.17. The van der Waals surface area contributed by atoms with Gasteiger partial charge in [-0.05, 0) is 25.1 Å². The number of rotatable bonds is 4. The van der Waals surface area contributed by atoms with E-state index in [1.165, 1.54) is 32.1 Å². The lowest BCUT2D eigenvalue weighted by Crippen LogP contribution is -2.43. The lowest BCUT2D eigenvalue weighted by Gasteiger charge is -2.24. The van der Waals surface area contributed by atoms with Crippen LogP contribution in [0.15, 0.2) is 0 Å². The van der Waals surface area contributed by atoms with Gasteiger partial charge < -0.3 is 10.6 Å². The van der Waals surface area contributed by atoms with E-state index < -0.39 is 10.8 Å². The van der Waals surface area contributed by atoms with Crippen LogP contribution in [-0.4, -0.2) is 33.9 Å². The Kier molecular flexibility index (Phi) is 6.17. The molecule has 1 saturated carbocycles. The molecule has 0 aliphatic heterocycles. The van der Waals surface area contributed by atoms with Gasteiger partial charge in [0.25, 0.3) is 0 Å². The molecule has 5 heteroatoms. The van der Waals surface area contributed by atoms with Gasteiger partial charge in [0.1, 0.15) is 0 Å². The fourth-order valence-electron chi connectivity index (χ4n) is 1.79. The van der Waals surface area contributed by atoms with Crippen molar-refractivity contribution in [1.29, 1.82) is 0 Å². The third-order valence-corrected chi connectivity index (χ3v) is 3.66. The smallest absolute Gasteiger partial charge is 0.166 e. The summed E-state index contributed by atoms with van der Waals surface area (Å²) in [7, 11) is -0.739. The molecule has 1 aliphatic rings. The molecule has 0 bridgehead atoms. The minimum atomic E-state index is -0.739. The molecule has 0 aromatic heterocycles. The predicted octanol–water partition coefficient (Wildman–Crippen LogP) is 1.16. The van der Waals surface area contributed by atoms with E-state index in [1.54, 1.807) is 6.26 Å². The lowest BCUT2D eigenvalue weighted by atomic mass is 9.96. The highest BCUT2D eigenvalue weighted by Gasteiger charge is 2.13. The van der Waals surface area contributed by atoms with Gasteiger partial charge in [0.15, 0.2) is 5.11 Å². The maximum absolute atomic E-state index is 10.8. The first-order chi connectivity index (χ1) is 7.18. The molecular weight excluding hydrogens is 228 g/mol. The number of hydrogen-bond donors (Lipinski definition) is 2. The van der Waals surface area contributed by atoms with Crippen LogP contribution in [0.5, 0.6) is 0 Å². The average Bonchev–Trinajstić information content (AvgIpc) is 2.18. The normalized spacial score (nSPS) is 19.5. The van der Waals surface area contributed by atoms with Crippen molar-refractivity contribution < 1.29 is 4.21 Å². The zero-order chi connectivity index (χ0) is 11.1. The van der Waals surface area contributed by atoms with Crippen LogP contribution in [-0.2, 0) is 10.8 Å². The molecule has 0 spiro atoms. The molecule has 1 aliphatic carbocycles. The van der Waals surface area contributed by atoms with E-state index in [0.29, 0.717) is 23.5 Å². The molecule has 0 aromatic rings. The van der Waals surface area contributed by atoms with E-state index in [1.807, 2.05) is 0 Å². The Morgan fingerprint density at radius 1 is 1.40 bits per heavy atom. The van der Waals surface area contributed by atoms with Crippen LogP contribution >= 0.6 is 12.2 Å². The maximum atomic E-state index is 10.8. The Morgan fingerprint density at radius 2 is 2.07 bits per heavy atom. The number of hydrogen-bond acceptors (Lipinski definition) is 2. The van der Waals surface area contributed by atoms with Crippen molar-refractivity contribution in [3.63, 3.8) is 0 Å². The molecule has 0 aromatic carbocycles. The van der Waals surface area contributed by atoms with Gasteiger partial charge in [-0.1, -0.05) is 19.3 Å². The summed E-state index contributed by atoms with van der Waals surface area (Å²) in [6.45, 7) is 0.696. The van der Waals surface area contributed by atoms with Crippen LogP contribution in [0, 0.1) is 0 Å². The zero-order valence-corrected chi connectivity index (χ0v) is 10.9. The number of nitrogens with one attached hydrogen (secondary N) is 2. The Bertz CT molecular complexity index is 227. The fraction of sp³-hybridized carbons (Fsp3) is 0.900. The third kappa shape index (κ3) is 6.10. The van der Waals surface area contributed by atoms with Gasteiger partial charge in [-0.2, -0.15) is 0 Å². The van der Waals surface area contributed by atoms with Crippen molar-refractivity contribution in [3.05, 3.63) is 0 Å².